The van der Waals surface area contributed by atoms with Gasteiger partial charge in [0.2, 0.25) is 17.7 Å². The molecule has 5 amide bonds. The third kappa shape index (κ3) is 16.5. The molecule has 1 aromatic rings. The molecule has 0 aromatic heterocycles. The molecule has 0 saturated carbocycles. The van der Waals surface area contributed by atoms with Crippen LogP contribution in [0.5, 0.6) is 0 Å². The van der Waals surface area contributed by atoms with Crippen molar-refractivity contribution in [1.29, 1.82) is 0 Å². The fourth-order valence-corrected chi connectivity index (χ4v) is 6.05. The first-order valence-electron chi connectivity index (χ1n) is 17.3. The summed E-state index contributed by atoms with van der Waals surface area (Å²) in [6.45, 7) is 6.59. The highest BCUT2D eigenvalue weighted by molar-refractivity contribution is 9.08. The number of urea groups is 1. The molecule has 0 radical (unpaired) electrons. The highest BCUT2D eigenvalue weighted by Crippen LogP contribution is 2.24. The van der Waals surface area contributed by atoms with Crippen LogP contribution < -0.4 is 21.7 Å². The number of esters is 1. The third-order valence-electron chi connectivity index (χ3n) is 8.49. The minimum absolute atomic E-state index is 0.0849. The Balaban J connectivity index is 1.72. The molecule has 1 aliphatic heterocycles. The fraction of sp³-hybridized carbons (Fsp3) is 0.657. The topological polar surface area (TPSA) is 205 Å². The number of likely N-dealkylation sites (tertiary alicyclic amines) is 1. The Morgan fingerprint density at radius 3 is 2.22 bits per heavy atom. The minimum atomic E-state index is -0.836. The molecule has 5 N–H and O–H groups in total. The molecule has 1 fully saturated rings. The minimum Gasteiger partial charge on any atom is -0.469 e. The average Bonchev–Trinajstić information content (AvgIpc) is 3.10. The molecular weight excluding hydrogens is 730 g/mol. The van der Waals surface area contributed by atoms with Crippen molar-refractivity contribution in [3.05, 3.63) is 29.8 Å². The second-order valence-corrected chi connectivity index (χ2v) is 13.4. The number of methoxy groups -OCH3 is 1. The molecule has 2 rings (SSSR count). The Morgan fingerprint density at radius 1 is 0.980 bits per heavy atom. The first-order valence-corrected chi connectivity index (χ1v) is 18.4. The van der Waals surface area contributed by atoms with Gasteiger partial charge in [-0.2, -0.15) is 0 Å². The summed E-state index contributed by atoms with van der Waals surface area (Å²) in [5.41, 5.74) is 6.78. The van der Waals surface area contributed by atoms with E-state index in [0.29, 0.717) is 43.2 Å². The lowest BCUT2D eigenvalue weighted by Crippen LogP contribution is -2.47. The van der Waals surface area contributed by atoms with Crippen LogP contribution in [0.4, 0.5) is 10.5 Å². The van der Waals surface area contributed by atoms with E-state index in [1.54, 1.807) is 30.9 Å². The molecular formula is C35H54BrN5O10. The largest absolute Gasteiger partial charge is 0.469 e. The summed E-state index contributed by atoms with van der Waals surface area (Å²) >= 11 is 3.39. The molecule has 1 saturated heterocycles. The number of halogens is 1. The number of nitrogens with zero attached hydrogens (tertiary/aromatic N) is 1. The number of hydrogen-bond donors (Lipinski definition) is 4. The Hall–Kier alpha value is -3.60. The highest BCUT2D eigenvalue weighted by atomic mass is 79.9. The number of nitrogens with two attached hydrogens (primary N) is 1. The maximum absolute atomic E-state index is 13.4. The van der Waals surface area contributed by atoms with Gasteiger partial charge in [0.25, 0.3) is 0 Å². The summed E-state index contributed by atoms with van der Waals surface area (Å²) in [6.07, 6.45) is 1.75. The van der Waals surface area contributed by atoms with Crippen molar-refractivity contribution < 1.29 is 47.7 Å². The maximum atomic E-state index is 13.4. The molecule has 1 aliphatic rings. The summed E-state index contributed by atoms with van der Waals surface area (Å²) < 4.78 is 21.1. The number of carbonyl (C=O) groups excluding carboxylic acids is 6. The Bertz CT molecular complexity index is 1280. The number of nitrogens with one attached hydrogen (secondary N) is 3. The van der Waals surface area contributed by atoms with Crippen molar-refractivity contribution in [1.82, 2.24) is 15.5 Å². The molecule has 286 valence electrons. The van der Waals surface area contributed by atoms with Crippen molar-refractivity contribution in [2.45, 2.75) is 70.3 Å². The molecule has 2 unspecified atom stereocenters. The van der Waals surface area contributed by atoms with E-state index in [2.05, 4.69) is 31.9 Å². The van der Waals surface area contributed by atoms with Crippen LogP contribution in [0, 0.1) is 17.8 Å². The van der Waals surface area contributed by atoms with Crippen molar-refractivity contribution in [3.8, 4) is 0 Å². The van der Waals surface area contributed by atoms with Crippen LogP contribution in [0.2, 0.25) is 0 Å². The van der Waals surface area contributed by atoms with Gasteiger partial charge in [0.1, 0.15) is 13.2 Å². The Kier molecular flexibility index (Phi) is 20.3. The number of rotatable bonds is 23. The summed E-state index contributed by atoms with van der Waals surface area (Å²) in [7, 11) is 1.37. The van der Waals surface area contributed by atoms with Crippen LogP contribution in [0.15, 0.2) is 24.3 Å². The Morgan fingerprint density at radius 2 is 1.63 bits per heavy atom. The molecule has 4 atom stereocenters. The third-order valence-corrected chi connectivity index (χ3v) is 9.13. The summed E-state index contributed by atoms with van der Waals surface area (Å²) in [5.74, 6) is -2.65. The second-order valence-electron chi connectivity index (χ2n) is 12.8. The van der Waals surface area contributed by atoms with Crippen LogP contribution >= 0.6 is 15.9 Å². The van der Waals surface area contributed by atoms with E-state index in [4.69, 9.17) is 24.7 Å². The molecule has 0 bridgehead atoms. The van der Waals surface area contributed by atoms with Gasteiger partial charge in [-0.3, -0.25) is 24.0 Å². The van der Waals surface area contributed by atoms with Crippen molar-refractivity contribution in [2.24, 2.45) is 23.5 Å². The van der Waals surface area contributed by atoms with Gasteiger partial charge in [-0.15, -0.1) is 0 Å². The lowest BCUT2D eigenvalue weighted by Gasteiger charge is -2.36. The van der Waals surface area contributed by atoms with E-state index >= 15 is 0 Å². The van der Waals surface area contributed by atoms with Crippen LogP contribution in [-0.2, 0) is 48.3 Å². The monoisotopic (exact) mass is 783 g/mol. The first kappa shape index (κ1) is 43.6. The van der Waals surface area contributed by atoms with Gasteiger partial charge in [0.15, 0.2) is 5.78 Å². The van der Waals surface area contributed by atoms with E-state index in [0.717, 1.165) is 5.56 Å². The van der Waals surface area contributed by atoms with Gasteiger partial charge in [0, 0.05) is 42.5 Å². The number of Topliss-reactive ketones (excluding diaryl/α,β-unsaturated/α-hetero) is 1. The predicted molar refractivity (Wildman–Crippen MR) is 193 cm³/mol. The van der Waals surface area contributed by atoms with Gasteiger partial charge in [-0.25, -0.2) is 4.79 Å². The van der Waals surface area contributed by atoms with E-state index in [-0.39, 0.29) is 94.1 Å². The van der Waals surface area contributed by atoms with Crippen LogP contribution in [0.1, 0.15) is 58.4 Å². The number of alkyl halides is 1. The quantitative estimate of drug-likeness (QED) is 0.0726. The molecule has 16 heteroatoms. The first-order chi connectivity index (χ1) is 24.4. The van der Waals surface area contributed by atoms with Crippen molar-refractivity contribution >= 4 is 57.1 Å². The number of primary amides is 1. The zero-order valence-electron chi connectivity index (χ0n) is 30.1. The SMILES string of the molecule is COC(=O)C1CCN(C(=O)COCCOCCOCC(=O)N[C@H](C(=O)C[C@@H](CCCNC(N)=O)C(=O)Nc2ccc(CBr)cc2)C(C)C)C(C)C1. The summed E-state index contributed by atoms with van der Waals surface area (Å²) in [4.78, 5) is 76.4. The van der Waals surface area contributed by atoms with Gasteiger partial charge in [0.05, 0.1) is 45.5 Å². The zero-order valence-corrected chi connectivity index (χ0v) is 31.7. The van der Waals surface area contributed by atoms with Gasteiger partial charge < -0.3 is 45.5 Å². The number of amides is 5. The van der Waals surface area contributed by atoms with Crippen LogP contribution in [0.3, 0.4) is 0 Å². The summed E-state index contributed by atoms with van der Waals surface area (Å²) in [6, 6.07) is 5.72. The lowest BCUT2D eigenvalue weighted by atomic mass is 9.89. The smallest absolute Gasteiger partial charge is 0.312 e. The normalized spacial score (nSPS) is 16.9. The fourth-order valence-electron chi connectivity index (χ4n) is 5.68. The second kappa shape index (κ2) is 23.8. The van der Waals surface area contributed by atoms with Crippen molar-refractivity contribution in [2.75, 3.05) is 65.2 Å². The maximum Gasteiger partial charge on any atom is 0.312 e. The van der Waals surface area contributed by atoms with Gasteiger partial charge >= 0.3 is 12.0 Å². The molecule has 51 heavy (non-hydrogen) atoms. The van der Waals surface area contributed by atoms with Crippen molar-refractivity contribution in [3.63, 3.8) is 0 Å². The average molecular weight is 785 g/mol. The standard InChI is InChI=1S/C35H54BrN5O10/c1-23(2)32(29(42)19-26(6-5-12-38-35(37)47)33(45)39-28-9-7-25(20-36)8-10-28)40-30(43)21-50-16-14-49-15-17-51-22-31(44)41-13-11-27(18-24(41)3)34(46)48-4/h7-10,23-24,26-27,32H,5-6,11-22H2,1-4H3,(H,39,45)(H,40,43)(H3,37,38,47)/t24?,26-,27?,32+/m1/s1. The molecule has 0 spiro atoms. The van der Waals surface area contributed by atoms with Gasteiger partial charge in [-0.1, -0.05) is 41.9 Å². The number of carbonyl (C=O) groups is 6. The van der Waals surface area contributed by atoms with Gasteiger partial charge in [-0.05, 0) is 56.2 Å². The number of hydrogen-bond acceptors (Lipinski definition) is 10. The number of ether oxygens (including phenoxy) is 4. The molecule has 1 aromatic carbocycles. The predicted octanol–water partition coefficient (Wildman–Crippen LogP) is 2.53. The molecule has 1 heterocycles. The number of benzene rings is 1. The lowest BCUT2D eigenvalue weighted by molar-refractivity contribution is -0.151. The van der Waals surface area contributed by atoms with E-state index in [9.17, 15) is 28.8 Å². The zero-order chi connectivity index (χ0) is 37.8. The molecule has 0 aliphatic carbocycles. The molecule has 15 nitrogen and oxygen atoms in total. The number of ketones is 1. The van der Waals surface area contributed by atoms with Crippen LogP contribution in [-0.4, -0.2) is 112 Å². The van der Waals surface area contributed by atoms with Crippen LogP contribution in [0.25, 0.3) is 0 Å². The van der Waals surface area contributed by atoms with E-state index in [1.165, 1.54) is 7.11 Å². The highest BCUT2D eigenvalue weighted by Gasteiger charge is 2.33. The van der Waals surface area contributed by atoms with E-state index in [1.807, 2.05) is 19.1 Å². The summed E-state index contributed by atoms with van der Waals surface area (Å²) in [5, 5.41) is 8.76. The Labute approximate surface area is 308 Å². The number of piperidine rings is 1. The number of anilines is 1. The van der Waals surface area contributed by atoms with E-state index < -0.39 is 23.9 Å².